The molecule has 12 heteroatoms. The molecule has 1 aromatic carbocycles. The first-order chi connectivity index (χ1) is 16.8. The van der Waals surface area contributed by atoms with Crippen LogP contribution in [0.15, 0.2) is 12.1 Å². The van der Waals surface area contributed by atoms with Crippen molar-refractivity contribution >= 4 is 17.6 Å². The monoisotopic (exact) mass is 521 g/mol. The molecule has 3 aliphatic heterocycles. The number of Topliss-reactive ketones (excluding diaryl/α,β-unsaturated/α-hetero) is 1. The number of hydrogen-bond acceptors (Lipinski definition) is 4. The van der Waals surface area contributed by atoms with Crippen LogP contribution in [0.4, 0.5) is 26.3 Å². The fourth-order valence-corrected chi connectivity index (χ4v) is 5.20. The van der Waals surface area contributed by atoms with Gasteiger partial charge in [-0.2, -0.15) is 13.2 Å². The molecule has 0 aromatic heterocycles. The van der Waals surface area contributed by atoms with E-state index in [9.17, 15) is 40.7 Å². The first-order valence-corrected chi connectivity index (χ1v) is 11.9. The summed E-state index contributed by atoms with van der Waals surface area (Å²) < 4.78 is 78.6. The van der Waals surface area contributed by atoms with Crippen molar-refractivity contribution in [3.8, 4) is 0 Å². The molecule has 6 nitrogen and oxygen atoms in total. The second kappa shape index (κ2) is 11.2. The normalized spacial score (nSPS) is 24.6. The molecular formula is C24H29F6N3O3. The lowest BCUT2D eigenvalue weighted by Crippen LogP contribution is -2.72. The van der Waals surface area contributed by atoms with E-state index in [4.69, 9.17) is 5.73 Å². The van der Waals surface area contributed by atoms with Gasteiger partial charge in [-0.1, -0.05) is 6.42 Å². The van der Waals surface area contributed by atoms with Crippen molar-refractivity contribution in [2.45, 2.75) is 75.5 Å². The van der Waals surface area contributed by atoms with E-state index in [1.165, 1.54) is 6.42 Å². The van der Waals surface area contributed by atoms with Crippen molar-refractivity contribution in [3.05, 3.63) is 35.1 Å². The maximum absolute atomic E-state index is 13.8. The maximum atomic E-state index is 13.8. The minimum absolute atomic E-state index is 0.116. The molecule has 1 unspecified atom stereocenters. The minimum Gasteiger partial charge on any atom is -0.356 e. The summed E-state index contributed by atoms with van der Waals surface area (Å²) in [6, 6.07) is -0.0272. The Balaban J connectivity index is 0.000000383. The lowest BCUT2D eigenvalue weighted by Gasteiger charge is -2.53. The number of carbonyl (C=O) groups excluding carboxylic acids is 3. The summed E-state index contributed by atoms with van der Waals surface area (Å²) in [5.74, 6) is -6.24. The van der Waals surface area contributed by atoms with Crippen LogP contribution in [0.25, 0.3) is 0 Å². The molecule has 3 atom stereocenters. The molecular weight excluding hydrogens is 492 g/mol. The van der Waals surface area contributed by atoms with Crippen molar-refractivity contribution in [3.63, 3.8) is 0 Å². The molecule has 3 heterocycles. The third kappa shape index (κ3) is 6.19. The molecule has 1 aromatic rings. The predicted molar refractivity (Wildman–Crippen MR) is 117 cm³/mol. The number of carbonyl (C=O) groups is 3. The number of nitrogens with zero attached hydrogens (tertiary/aromatic N) is 1. The number of benzene rings is 1. The third-order valence-corrected chi connectivity index (χ3v) is 6.90. The Morgan fingerprint density at radius 3 is 2.47 bits per heavy atom. The van der Waals surface area contributed by atoms with Crippen molar-refractivity contribution in [2.75, 3.05) is 13.1 Å². The topological polar surface area (TPSA) is 92.5 Å². The molecule has 4 rings (SSSR count). The molecule has 3 fully saturated rings. The van der Waals surface area contributed by atoms with Crippen LogP contribution in [0, 0.1) is 23.4 Å². The smallest absolute Gasteiger partial charge is 0.356 e. The van der Waals surface area contributed by atoms with Gasteiger partial charge < -0.3 is 16.0 Å². The van der Waals surface area contributed by atoms with Gasteiger partial charge in [-0.05, 0) is 43.7 Å². The zero-order valence-corrected chi connectivity index (χ0v) is 19.6. The number of fused-ring (bicyclic) bond motifs is 1. The first-order valence-electron chi connectivity index (χ1n) is 11.9. The number of halogens is 6. The molecule has 0 bridgehead atoms. The van der Waals surface area contributed by atoms with Gasteiger partial charge in [0.25, 0.3) is 0 Å². The van der Waals surface area contributed by atoms with Crippen molar-refractivity contribution in [2.24, 2.45) is 11.7 Å². The SMILES string of the molecule is N[C@@H](CC(=O)C12CCCN1C(=O)[C@@H]2CC(F)(F)F)Cc1cc(F)c(F)cc1F.O=C1CCCCCN1. The Hall–Kier alpha value is -2.63. The lowest BCUT2D eigenvalue weighted by molar-refractivity contribution is -0.195. The highest BCUT2D eigenvalue weighted by atomic mass is 19.4. The third-order valence-electron chi connectivity index (χ3n) is 6.90. The summed E-state index contributed by atoms with van der Waals surface area (Å²) in [6.07, 6.45) is -2.00. The molecule has 2 amide bonds. The molecule has 0 saturated carbocycles. The van der Waals surface area contributed by atoms with Crippen LogP contribution in [0.2, 0.25) is 0 Å². The summed E-state index contributed by atoms with van der Waals surface area (Å²) in [7, 11) is 0. The van der Waals surface area contributed by atoms with Crippen LogP contribution >= 0.6 is 0 Å². The van der Waals surface area contributed by atoms with Gasteiger partial charge in [0, 0.05) is 38.0 Å². The van der Waals surface area contributed by atoms with E-state index in [1.54, 1.807) is 0 Å². The van der Waals surface area contributed by atoms with E-state index < -0.39 is 65.7 Å². The average molecular weight is 522 g/mol. The molecule has 3 N–H and O–H groups in total. The summed E-state index contributed by atoms with van der Waals surface area (Å²) in [4.78, 5) is 36.6. The fraction of sp³-hybridized carbons (Fsp3) is 0.625. The number of hydrogen-bond donors (Lipinski definition) is 2. The number of β-lactam (4-membered cyclic amide) rings is 1. The Labute approximate surface area is 204 Å². The fourth-order valence-electron chi connectivity index (χ4n) is 5.20. The van der Waals surface area contributed by atoms with Crippen LogP contribution in [0.5, 0.6) is 0 Å². The van der Waals surface area contributed by atoms with E-state index in [0.29, 0.717) is 18.6 Å². The number of amides is 2. The summed E-state index contributed by atoms with van der Waals surface area (Å²) in [5.41, 5.74) is 4.07. The highest BCUT2D eigenvalue weighted by Crippen LogP contribution is 2.51. The van der Waals surface area contributed by atoms with Gasteiger partial charge in [0.05, 0.1) is 12.3 Å². The van der Waals surface area contributed by atoms with Gasteiger partial charge in [-0.3, -0.25) is 14.4 Å². The van der Waals surface area contributed by atoms with Crippen LogP contribution in [-0.2, 0) is 20.8 Å². The van der Waals surface area contributed by atoms with Gasteiger partial charge in [0.15, 0.2) is 17.4 Å². The summed E-state index contributed by atoms with van der Waals surface area (Å²) in [5, 5.41) is 2.81. The zero-order chi connectivity index (χ0) is 26.7. The highest BCUT2D eigenvalue weighted by molar-refractivity contribution is 6.04. The van der Waals surface area contributed by atoms with E-state index in [1.807, 2.05) is 0 Å². The predicted octanol–water partition coefficient (Wildman–Crippen LogP) is 3.55. The van der Waals surface area contributed by atoms with Gasteiger partial charge in [0.1, 0.15) is 11.4 Å². The standard InChI is InChI=1S/C18H18F6N2O2.C6H11NO/c19-12-7-14(21)13(20)5-9(12)4-10(25)6-15(27)17-2-1-3-26(17)16(28)11(17)8-18(22,23)24;8-6-4-2-1-3-5-7-6/h5,7,10-11H,1-4,6,8,25H2;1-5H2,(H,7,8)/t10-,11+,17?;/m1./s1. The quantitative estimate of drug-likeness (QED) is 0.340. The summed E-state index contributed by atoms with van der Waals surface area (Å²) >= 11 is 0. The minimum atomic E-state index is -4.60. The summed E-state index contributed by atoms with van der Waals surface area (Å²) in [6.45, 7) is 1.09. The Bertz CT molecular complexity index is 992. The Morgan fingerprint density at radius 2 is 1.78 bits per heavy atom. The van der Waals surface area contributed by atoms with Crippen molar-refractivity contribution in [1.82, 2.24) is 10.2 Å². The van der Waals surface area contributed by atoms with Crippen LogP contribution in [0.3, 0.4) is 0 Å². The van der Waals surface area contributed by atoms with Gasteiger partial charge in [-0.25, -0.2) is 13.2 Å². The second-order valence-electron chi connectivity index (χ2n) is 9.50. The van der Waals surface area contributed by atoms with E-state index >= 15 is 0 Å². The molecule has 3 aliphatic rings. The molecule has 200 valence electrons. The highest BCUT2D eigenvalue weighted by Gasteiger charge is 2.67. The largest absolute Gasteiger partial charge is 0.389 e. The van der Waals surface area contributed by atoms with E-state index in [0.717, 1.165) is 30.7 Å². The number of alkyl halides is 3. The number of rotatable bonds is 6. The average Bonchev–Trinajstić information content (AvgIpc) is 3.04. The van der Waals surface area contributed by atoms with Crippen LogP contribution in [0.1, 0.15) is 56.9 Å². The molecule has 3 saturated heterocycles. The maximum Gasteiger partial charge on any atom is 0.389 e. The van der Waals surface area contributed by atoms with Crippen LogP contribution < -0.4 is 11.1 Å². The van der Waals surface area contributed by atoms with Gasteiger partial charge in [-0.15, -0.1) is 0 Å². The molecule has 0 radical (unpaired) electrons. The number of nitrogens with two attached hydrogens (primary N) is 1. The second-order valence-corrected chi connectivity index (χ2v) is 9.50. The lowest BCUT2D eigenvalue weighted by atomic mass is 9.67. The Kier molecular flexibility index (Phi) is 8.68. The number of ketones is 1. The van der Waals surface area contributed by atoms with Gasteiger partial charge in [0.2, 0.25) is 11.8 Å². The Morgan fingerprint density at radius 1 is 1.08 bits per heavy atom. The molecule has 0 spiro atoms. The van der Waals surface area contributed by atoms with Gasteiger partial charge >= 0.3 is 6.18 Å². The number of nitrogens with one attached hydrogen (secondary N) is 1. The van der Waals surface area contributed by atoms with Crippen molar-refractivity contribution in [1.29, 1.82) is 0 Å². The van der Waals surface area contributed by atoms with Crippen LogP contribution in [-0.4, -0.2) is 53.3 Å². The van der Waals surface area contributed by atoms with Crippen molar-refractivity contribution < 1.29 is 40.7 Å². The molecule has 36 heavy (non-hydrogen) atoms. The van der Waals surface area contributed by atoms with E-state index in [2.05, 4.69) is 5.32 Å². The zero-order valence-electron chi connectivity index (χ0n) is 19.6. The van der Waals surface area contributed by atoms with E-state index in [-0.39, 0.29) is 30.9 Å². The molecule has 0 aliphatic carbocycles. The first kappa shape index (κ1) is 27.9.